The molecule has 184 valence electrons. The van der Waals surface area contributed by atoms with Crippen molar-refractivity contribution in [3.63, 3.8) is 0 Å². The fourth-order valence-corrected chi connectivity index (χ4v) is 4.27. The number of amides is 2. The van der Waals surface area contributed by atoms with Gasteiger partial charge in [-0.15, -0.1) is 0 Å². The number of carbonyl (C=O) groups is 2. The summed E-state index contributed by atoms with van der Waals surface area (Å²) in [5.41, 5.74) is 1.68. The van der Waals surface area contributed by atoms with E-state index >= 15 is 0 Å². The molecule has 0 radical (unpaired) electrons. The summed E-state index contributed by atoms with van der Waals surface area (Å²) in [4.78, 5) is 28.6. The van der Waals surface area contributed by atoms with E-state index in [1.165, 1.54) is 11.0 Å². The van der Waals surface area contributed by atoms with Crippen LogP contribution in [0, 0.1) is 11.7 Å². The summed E-state index contributed by atoms with van der Waals surface area (Å²) in [6.45, 7) is 4.38. The molecule has 0 saturated carbocycles. The topological polar surface area (TPSA) is 49.4 Å². The molecule has 35 heavy (non-hydrogen) atoms. The summed E-state index contributed by atoms with van der Waals surface area (Å²) in [7, 11) is 0. The summed E-state index contributed by atoms with van der Waals surface area (Å²) >= 11 is 12.7. The zero-order valence-corrected chi connectivity index (χ0v) is 21.3. The van der Waals surface area contributed by atoms with Crippen molar-refractivity contribution in [2.24, 2.45) is 5.92 Å². The second kappa shape index (κ2) is 12.7. The maximum Gasteiger partial charge on any atom is 0.243 e. The van der Waals surface area contributed by atoms with Crippen LogP contribution in [0.25, 0.3) is 0 Å². The van der Waals surface area contributed by atoms with E-state index in [0.29, 0.717) is 27.7 Å². The van der Waals surface area contributed by atoms with Crippen LogP contribution in [0.15, 0.2) is 72.8 Å². The van der Waals surface area contributed by atoms with Gasteiger partial charge in [-0.25, -0.2) is 4.39 Å². The molecule has 3 aromatic carbocycles. The number of hydrogen-bond donors (Lipinski definition) is 1. The first kappa shape index (κ1) is 26.7. The fraction of sp³-hybridized carbons (Fsp3) is 0.286. The highest BCUT2D eigenvalue weighted by atomic mass is 35.5. The molecule has 0 aliphatic carbocycles. The molecule has 3 rings (SSSR count). The number of benzene rings is 3. The Morgan fingerprint density at radius 3 is 2.17 bits per heavy atom. The van der Waals surface area contributed by atoms with Gasteiger partial charge in [0.05, 0.1) is 6.42 Å². The molecule has 0 aliphatic heterocycles. The van der Waals surface area contributed by atoms with Crippen LogP contribution in [0.3, 0.4) is 0 Å². The summed E-state index contributed by atoms with van der Waals surface area (Å²) in [5, 5.41) is 3.67. The van der Waals surface area contributed by atoms with Crippen molar-refractivity contribution in [3.8, 4) is 0 Å². The van der Waals surface area contributed by atoms with Gasteiger partial charge in [0, 0.05) is 35.1 Å². The van der Waals surface area contributed by atoms with Crippen molar-refractivity contribution in [1.82, 2.24) is 10.2 Å². The van der Waals surface area contributed by atoms with E-state index in [-0.39, 0.29) is 37.1 Å². The third kappa shape index (κ3) is 7.55. The Kier molecular flexibility index (Phi) is 9.70. The SMILES string of the molecule is CC(C)CNC(=O)C(Cc1ccccc1)N(Cc1ccccc1F)C(=O)Cc1c(Cl)cccc1Cl. The van der Waals surface area contributed by atoms with E-state index < -0.39 is 11.9 Å². The molecule has 0 bridgehead atoms. The first-order valence-corrected chi connectivity index (χ1v) is 12.3. The monoisotopic (exact) mass is 514 g/mol. The van der Waals surface area contributed by atoms with Gasteiger partial charge in [-0.1, -0.05) is 91.6 Å². The molecule has 1 N–H and O–H groups in total. The van der Waals surface area contributed by atoms with Crippen molar-refractivity contribution in [1.29, 1.82) is 0 Å². The highest BCUT2D eigenvalue weighted by Crippen LogP contribution is 2.26. The minimum absolute atomic E-state index is 0.0693. The van der Waals surface area contributed by atoms with Crippen LogP contribution in [0.4, 0.5) is 4.39 Å². The molecule has 0 heterocycles. The van der Waals surface area contributed by atoms with Gasteiger partial charge in [0.15, 0.2) is 0 Å². The van der Waals surface area contributed by atoms with Crippen molar-refractivity contribution in [2.45, 2.75) is 39.3 Å². The largest absolute Gasteiger partial charge is 0.354 e. The first-order chi connectivity index (χ1) is 16.8. The Balaban J connectivity index is 2.01. The fourth-order valence-electron chi connectivity index (χ4n) is 3.74. The zero-order chi connectivity index (χ0) is 25.4. The smallest absolute Gasteiger partial charge is 0.243 e. The standard InChI is InChI=1S/C28H29Cl2FN2O2/c1-19(2)17-32-28(35)26(15-20-9-4-3-5-10-20)33(18-21-11-6-7-14-25(21)31)27(34)16-22-23(29)12-8-13-24(22)30/h3-14,19,26H,15-18H2,1-2H3,(H,32,35). The highest BCUT2D eigenvalue weighted by Gasteiger charge is 2.31. The van der Waals surface area contributed by atoms with Gasteiger partial charge in [0.25, 0.3) is 0 Å². The Hall–Kier alpha value is -2.89. The molecule has 4 nitrogen and oxygen atoms in total. The quantitative estimate of drug-likeness (QED) is 0.356. The molecular formula is C28H29Cl2FN2O2. The second-order valence-corrected chi connectivity index (χ2v) is 9.65. The maximum atomic E-state index is 14.6. The summed E-state index contributed by atoms with van der Waals surface area (Å²) in [5.74, 6) is -0.877. The number of hydrogen-bond acceptors (Lipinski definition) is 2. The lowest BCUT2D eigenvalue weighted by Crippen LogP contribution is -2.51. The molecule has 2 amide bonds. The Morgan fingerprint density at radius 1 is 0.914 bits per heavy atom. The highest BCUT2D eigenvalue weighted by molar-refractivity contribution is 6.36. The summed E-state index contributed by atoms with van der Waals surface area (Å²) < 4.78 is 14.6. The van der Waals surface area contributed by atoms with Crippen molar-refractivity contribution in [2.75, 3.05) is 6.54 Å². The molecule has 1 unspecified atom stereocenters. The molecule has 0 spiro atoms. The lowest BCUT2D eigenvalue weighted by molar-refractivity contribution is -0.140. The third-order valence-electron chi connectivity index (χ3n) is 5.64. The van der Waals surface area contributed by atoms with Gasteiger partial charge in [-0.3, -0.25) is 9.59 Å². The van der Waals surface area contributed by atoms with Crippen LogP contribution >= 0.6 is 23.2 Å². The van der Waals surface area contributed by atoms with Crippen LogP contribution in [0.5, 0.6) is 0 Å². The molecule has 0 saturated heterocycles. The number of nitrogens with zero attached hydrogens (tertiary/aromatic N) is 1. The van der Waals surface area contributed by atoms with Crippen molar-refractivity contribution >= 4 is 35.0 Å². The van der Waals surface area contributed by atoms with Gasteiger partial charge in [0.1, 0.15) is 11.9 Å². The third-order valence-corrected chi connectivity index (χ3v) is 6.35. The van der Waals surface area contributed by atoms with Crippen LogP contribution in [0.2, 0.25) is 10.0 Å². The molecular weight excluding hydrogens is 486 g/mol. The molecule has 0 aliphatic rings. The maximum absolute atomic E-state index is 14.6. The van der Waals surface area contributed by atoms with Gasteiger partial charge in [-0.05, 0) is 35.2 Å². The number of halogens is 3. The van der Waals surface area contributed by atoms with Gasteiger partial charge in [-0.2, -0.15) is 0 Å². The molecule has 0 fully saturated rings. The van der Waals surface area contributed by atoms with Crippen molar-refractivity contribution in [3.05, 3.63) is 105 Å². The Bertz CT molecular complexity index is 1130. The predicted molar refractivity (Wildman–Crippen MR) is 139 cm³/mol. The Labute approximate surface area is 216 Å². The number of rotatable bonds is 10. The molecule has 0 aromatic heterocycles. The van der Waals surface area contributed by atoms with Crippen LogP contribution in [0.1, 0.15) is 30.5 Å². The van der Waals surface area contributed by atoms with E-state index in [1.54, 1.807) is 36.4 Å². The van der Waals surface area contributed by atoms with E-state index in [2.05, 4.69) is 5.32 Å². The normalized spacial score (nSPS) is 11.8. The van der Waals surface area contributed by atoms with Crippen LogP contribution < -0.4 is 5.32 Å². The van der Waals surface area contributed by atoms with Crippen molar-refractivity contribution < 1.29 is 14.0 Å². The molecule has 1 atom stereocenters. The van der Waals surface area contributed by atoms with Crippen LogP contribution in [-0.2, 0) is 29.0 Å². The van der Waals surface area contributed by atoms with Gasteiger partial charge >= 0.3 is 0 Å². The van der Waals surface area contributed by atoms with Gasteiger partial charge < -0.3 is 10.2 Å². The van der Waals surface area contributed by atoms with E-state index in [9.17, 15) is 14.0 Å². The lowest BCUT2D eigenvalue weighted by atomic mass is 10.0. The Morgan fingerprint density at radius 2 is 1.54 bits per heavy atom. The van der Waals surface area contributed by atoms with Crippen LogP contribution in [-0.4, -0.2) is 29.3 Å². The minimum atomic E-state index is -0.857. The summed E-state index contributed by atoms with van der Waals surface area (Å²) in [6, 6.07) is 19.9. The van der Waals surface area contributed by atoms with Gasteiger partial charge in [0.2, 0.25) is 11.8 Å². The van der Waals surface area contributed by atoms with E-state index in [4.69, 9.17) is 23.2 Å². The number of carbonyl (C=O) groups excluding carboxylic acids is 2. The summed E-state index contributed by atoms with van der Waals surface area (Å²) in [6.07, 6.45) is 0.164. The first-order valence-electron chi connectivity index (χ1n) is 11.5. The molecule has 7 heteroatoms. The lowest BCUT2D eigenvalue weighted by Gasteiger charge is -2.32. The second-order valence-electron chi connectivity index (χ2n) is 8.83. The zero-order valence-electron chi connectivity index (χ0n) is 19.8. The average molecular weight is 515 g/mol. The van der Waals surface area contributed by atoms with E-state index in [1.807, 2.05) is 44.2 Å². The van der Waals surface area contributed by atoms with E-state index in [0.717, 1.165) is 5.56 Å². The minimum Gasteiger partial charge on any atom is -0.354 e. The average Bonchev–Trinajstić information content (AvgIpc) is 2.83. The number of nitrogens with one attached hydrogen (secondary N) is 1. The predicted octanol–water partition coefficient (Wildman–Crippen LogP) is 6.09. The molecule has 3 aromatic rings.